The van der Waals surface area contributed by atoms with E-state index in [0.29, 0.717) is 25.7 Å². The second kappa shape index (κ2) is 67.6. The van der Waals surface area contributed by atoms with Gasteiger partial charge in [-0.05, 0) is 25.7 Å². The minimum Gasteiger partial charge on any atom is -0.462 e. The summed E-state index contributed by atoms with van der Waals surface area (Å²) in [5.74, 6) is -2.12. The molecule has 0 aliphatic rings. The van der Waals surface area contributed by atoms with E-state index in [0.717, 1.165) is 103 Å². The number of hydrogen-bond donors (Lipinski definition) is 3. The molecule has 0 spiro atoms. The van der Waals surface area contributed by atoms with Crippen molar-refractivity contribution in [2.75, 3.05) is 39.6 Å². The van der Waals surface area contributed by atoms with Crippen molar-refractivity contribution in [3.8, 4) is 0 Å². The number of phosphoric acid groups is 2. The summed E-state index contributed by atoms with van der Waals surface area (Å²) in [5, 5.41) is 10.6. The van der Waals surface area contributed by atoms with Crippen LogP contribution in [-0.2, 0) is 65.4 Å². The van der Waals surface area contributed by atoms with Crippen molar-refractivity contribution >= 4 is 39.5 Å². The van der Waals surface area contributed by atoms with Crippen LogP contribution < -0.4 is 0 Å². The molecule has 0 aliphatic carbocycles. The molecule has 0 amide bonds. The van der Waals surface area contributed by atoms with Crippen LogP contribution in [0.4, 0.5) is 0 Å². The molecule has 0 saturated carbocycles. The number of esters is 4. The number of ether oxygens (including phenoxy) is 4. The first-order valence-corrected chi connectivity index (χ1v) is 41.3. The summed E-state index contributed by atoms with van der Waals surface area (Å²) in [5.41, 5.74) is 0. The Kier molecular flexibility index (Phi) is 66.2. The van der Waals surface area contributed by atoms with Crippen molar-refractivity contribution in [3.63, 3.8) is 0 Å². The Bertz CT molecular complexity index is 1760. The molecule has 17 nitrogen and oxygen atoms in total. The van der Waals surface area contributed by atoms with E-state index in [9.17, 15) is 43.2 Å². The molecule has 0 heterocycles. The van der Waals surface area contributed by atoms with Crippen LogP contribution in [-0.4, -0.2) is 96.7 Å². The third kappa shape index (κ3) is 66.7. The van der Waals surface area contributed by atoms with Gasteiger partial charge in [0.05, 0.1) is 26.4 Å². The van der Waals surface area contributed by atoms with Crippen molar-refractivity contribution < 1.29 is 80.2 Å². The normalized spacial score (nSPS) is 13.9. The average molecular weight is 1350 g/mol. The van der Waals surface area contributed by atoms with Crippen LogP contribution in [0, 0.1) is 0 Å². The first kappa shape index (κ1) is 90.1. The van der Waals surface area contributed by atoms with E-state index in [1.165, 1.54) is 205 Å². The maximum Gasteiger partial charge on any atom is 0.472 e. The van der Waals surface area contributed by atoms with Gasteiger partial charge in [0.15, 0.2) is 12.2 Å². The zero-order chi connectivity index (χ0) is 67.5. The van der Waals surface area contributed by atoms with Crippen LogP contribution in [0.15, 0.2) is 0 Å². The summed E-state index contributed by atoms with van der Waals surface area (Å²) in [6.07, 6.45) is 56.9. The highest BCUT2D eigenvalue weighted by atomic mass is 31.2. The van der Waals surface area contributed by atoms with Gasteiger partial charge in [-0.1, -0.05) is 336 Å². The van der Waals surface area contributed by atoms with E-state index in [4.69, 9.17) is 37.0 Å². The van der Waals surface area contributed by atoms with E-state index in [1.54, 1.807) is 0 Å². The van der Waals surface area contributed by atoms with Crippen LogP contribution >= 0.6 is 15.6 Å². The van der Waals surface area contributed by atoms with Gasteiger partial charge in [-0.3, -0.25) is 37.3 Å². The number of rotatable bonds is 74. The van der Waals surface area contributed by atoms with Gasteiger partial charge in [0.25, 0.3) is 0 Å². The number of aliphatic hydroxyl groups excluding tert-OH is 1. The molecule has 0 aromatic heterocycles. The first-order chi connectivity index (χ1) is 44.7. The monoisotopic (exact) mass is 1350 g/mol. The predicted octanol–water partition coefficient (Wildman–Crippen LogP) is 21.4. The molecule has 0 fully saturated rings. The molecule has 2 unspecified atom stereocenters. The first-order valence-electron chi connectivity index (χ1n) is 38.3. The second-order valence-electron chi connectivity index (χ2n) is 26.3. The number of phosphoric ester groups is 2. The molecule has 0 saturated heterocycles. The van der Waals surface area contributed by atoms with Gasteiger partial charge in [-0.25, -0.2) is 9.13 Å². The fourth-order valence-electron chi connectivity index (χ4n) is 11.2. The fraction of sp³-hybridized carbons (Fsp3) is 0.945. The molecule has 19 heteroatoms. The van der Waals surface area contributed by atoms with Gasteiger partial charge in [-0.15, -0.1) is 0 Å². The minimum atomic E-state index is -4.95. The number of unbranched alkanes of at least 4 members (excludes halogenated alkanes) is 48. The molecule has 3 N–H and O–H groups in total. The van der Waals surface area contributed by atoms with Gasteiger partial charge in [0, 0.05) is 25.7 Å². The zero-order valence-corrected chi connectivity index (χ0v) is 61.3. The van der Waals surface area contributed by atoms with Crippen molar-refractivity contribution in [1.29, 1.82) is 0 Å². The molecular formula is C73H142O17P2. The quantitative estimate of drug-likeness (QED) is 0.0222. The Hall–Kier alpha value is -1.94. The number of carbonyl (C=O) groups excluding carboxylic acids is 4. The molecule has 0 bridgehead atoms. The highest BCUT2D eigenvalue weighted by Gasteiger charge is 2.30. The Balaban J connectivity index is 5.19. The molecule has 0 rings (SSSR count). The lowest BCUT2D eigenvalue weighted by Crippen LogP contribution is -2.30. The minimum absolute atomic E-state index is 0.108. The van der Waals surface area contributed by atoms with Crippen molar-refractivity contribution in [2.24, 2.45) is 0 Å². The van der Waals surface area contributed by atoms with Gasteiger partial charge in [0.2, 0.25) is 0 Å². The lowest BCUT2D eigenvalue weighted by molar-refractivity contribution is -0.161. The molecule has 5 atom stereocenters. The standard InChI is InChI=1S/C73H142O17P2/c1-5-9-13-17-21-24-27-30-33-36-39-42-46-50-54-58-71(76)84-64-69(90-73(78)60-56-52-48-44-41-38-35-32-29-26-23-19-15-11-7-3)66-88-92(81,82)86-62-67(74)61-85-91(79,80)87-65-68(63-83-70(75)57-53-49-45-20-16-12-8-4)89-72(77)59-55-51-47-43-40-37-34-31-28-25-22-18-14-10-6-2/h67-69,74H,5-66H2,1-4H3,(H,79,80)(H,81,82)/t67-,68+,69+/m0/s1. The highest BCUT2D eigenvalue weighted by molar-refractivity contribution is 7.47. The van der Waals surface area contributed by atoms with E-state index < -0.39 is 97.5 Å². The predicted molar refractivity (Wildman–Crippen MR) is 372 cm³/mol. The van der Waals surface area contributed by atoms with E-state index in [1.807, 2.05) is 0 Å². The van der Waals surface area contributed by atoms with Crippen LogP contribution in [0.1, 0.15) is 387 Å². The Morgan fingerprint density at radius 3 is 0.641 bits per heavy atom. The van der Waals surface area contributed by atoms with Crippen molar-refractivity contribution in [2.45, 2.75) is 406 Å². The molecule has 0 aromatic rings. The fourth-order valence-corrected chi connectivity index (χ4v) is 12.8. The molecule has 0 radical (unpaired) electrons. The maximum atomic E-state index is 13.0. The summed E-state index contributed by atoms with van der Waals surface area (Å²) in [6, 6.07) is 0. The second-order valence-corrected chi connectivity index (χ2v) is 29.2. The van der Waals surface area contributed by atoms with E-state index >= 15 is 0 Å². The summed E-state index contributed by atoms with van der Waals surface area (Å²) >= 11 is 0. The number of hydrogen-bond acceptors (Lipinski definition) is 15. The maximum absolute atomic E-state index is 13.0. The van der Waals surface area contributed by atoms with Crippen LogP contribution in [0.5, 0.6) is 0 Å². The Morgan fingerprint density at radius 1 is 0.261 bits per heavy atom. The summed E-state index contributed by atoms with van der Waals surface area (Å²) in [4.78, 5) is 72.6. The van der Waals surface area contributed by atoms with Crippen LogP contribution in [0.2, 0.25) is 0 Å². The zero-order valence-electron chi connectivity index (χ0n) is 59.5. The van der Waals surface area contributed by atoms with Gasteiger partial charge >= 0.3 is 39.5 Å². The Morgan fingerprint density at radius 2 is 0.435 bits per heavy atom. The highest BCUT2D eigenvalue weighted by Crippen LogP contribution is 2.45. The molecule has 92 heavy (non-hydrogen) atoms. The lowest BCUT2D eigenvalue weighted by Gasteiger charge is -2.21. The van der Waals surface area contributed by atoms with Gasteiger partial charge in [-0.2, -0.15) is 0 Å². The molecule has 546 valence electrons. The van der Waals surface area contributed by atoms with Crippen LogP contribution in [0.3, 0.4) is 0 Å². The number of aliphatic hydroxyl groups is 1. The van der Waals surface area contributed by atoms with E-state index in [-0.39, 0.29) is 25.7 Å². The largest absolute Gasteiger partial charge is 0.472 e. The summed E-state index contributed by atoms with van der Waals surface area (Å²) in [7, 11) is -9.90. The SMILES string of the molecule is CCCCCCCCCCCCCCCCCC(=O)OC[C@H](COP(=O)(O)OC[C@@H](O)COP(=O)(O)OC[C@@H](COC(=O)CCCCCCCCC)OC(=O)CCCCCCCCCCCCCCCCC)OC(=O)CCCCCCCCCCCCCCCCC. The topological polar surface area (TPSA) is 237 Å². The van der Waals surface area contributed by atoms with E-state index in [2.05, 4.69) is 27.7 Å². The molecule has 0 aliphatic heterocycles. The summed E-state index contributed by atoms with van der Waals surface area (Å²) in [6.45, 7) is 4.94. The summed E-state index contributed by atoms with van der Waals surface area (Å²) < 4.78 is 68.3. The smallest absolute Gasteiger partial charge is 0.462 e. The molecular weight excluding hydrogens is 1210 g/mol. The van der Waals surface area contributed by atoms with Crippen molar-refractivity contribution in [1.82, 2.24) is 0 Å². The Labute approximate surface area is 562 Å². The third-order valence-corrected chi connectivity index (χ3v) is 19.0. The van der Waals surface area contributed by atoms with Crippen molar-refractivity contribution in [3.05, 3.63) is 0 Å². The third-order valence-electron chi connectivity index (χ3n) is 17.1. The van der Waals surface area contributed by atoms with Crippen LogP contribution in [0.25, 0.3) is 0 Å². The van der Waals surface area contributed by atoms with Gasteiger partial charge < -0.3 is 33.8 Å². The number of carbonyl (C=O) groups is 4. The molecule has 0 aromatic carbocycles. The average Bonchev–Trinajstić information content (AvgIpc) is 3.28. The lowest BCUT2D eigenvalue weighted by atomic mass is 10.0. The van der Waals surface area contributed by atoms with Gasteiger partial charge in [0.1, 0.15) is 19.3 Å².